The zero-order valence-electron chi connectivity index (χ0n) is 14.7. The van der Waals surface area contributed by atoms with Crippen molar-refractivity contribution in [2.24, 2.45) is 17.8 Å². The molecule has 0 aliphatic heterocycles. The first-order valence-corrected chi connectivity index (χ1v) is 10.0. The molecule has 3 amide bonds. The van der Waals surface area contributed by atoms with Gasteiger partial charge in [-0.05, 0) is 49.9 Å². The summed E-state index contributed by atoms with van der Waals surface area (Å²) in [6.07, 6.45) is 13.8. The summed E-state index contributed by atoms with van der Waals surface area (Å²) in [5.41, 5.74) is 0.298. The smallest absolute Gasteiger partial charge is 0.321 e. The van der Waals surface area contributed by atoms with E-state index < -0.39 is 0 Å². The van der Waals surface area contributed by atoms with Crippen LogP contribution in [0.1, 0.15) is 70.6 Å². The van der Waals surface area contributed by atoms with E-state index >= 15 is 0 Å². The molecule has 0 radical (unpaired) electrons. The Labute approximate surface area is 144 Å². The summed E-state index contributed by atoms with van der Waals surface area (Å²) in [6.45, 7) is 0.393. The number of carbonyl (C=O) groups is 2. The van der Waals surface area contributed by atoms with Crippen molar-refractivity contribution in [1.29, 1.82) is 0 Å². The van der Waals surface area contributed by atoms with Gasteiger partial charge in [-0.3, -0.25) is 10.1 Å². The highest BCUT2D eigenvalue weighted by Crippen LogP contribution is 2.54. The molecule has 24 heavy (non-hydrogen) atoms. The third-order valence-corrected chi connectivity index (χ3v) is 7.00. The molecule has 4 bridgehead atoms. The van der Waals surface area contributed by atoms with Crippen LogP contribution in [0.2, 0.25) is 0 Å². The van der Waals surface area contributed by atoms with Gasteiger partial charge in [-0.2, -0.15) is 0 Å². The molecule has 0 aromatic heterocycles. The van der Waals surface area contributed by atoms with Crippen molar-refractivity contribution >= 4 is 11.9 Å². The minimum absolute atomic E-state index is 0.140. The largest absolute Gasteiger partial charge is 0.335 e. The first kappa shape index (κ1) is 16.4. The number of hydrogen-bond donors (Lipinski definition) is 3. The van der Waals surface area contributed by atoms with Crippen molar-refractivity contribution in [3.63, 3.8) is 0 Å². The van der Waals surface area contributed by atoms with Gasteiger partial charge >= 0.3 is 6.03 Å². The Bertz CT molecular complexity index is 464. The Balaban J connectivity index is 1.22. The Morgan fingerprint density at radius 3 is 2.08 bits per heavy atom. The Morgan fingerprint density at radius 1 is 0.917 bits per heavy atom. The molecule has 0 unspecified atom stereocenters. The van der Waals surface area contributed by atoms with Crippen molar-refractivity contribution in [2.45, 2.75) is 82.2 Å². The number of nitrogens with one attached hydrogen (secondary N) is 2. The maximum absolute atomic E-state index is 12.2. The van der Waals surface area contributed by atoms with E-state index in [1.807, 2.05) is 0 Å². The molecule has 0 aromatic carbocycles. The monoisotopic (exact) mass is 334 g/mol. The minimum Gasteiger partial charge on any atom is -0.335 e. The van der Waals surface area contributed by atoms with E-state index in [9.17, 15) is 9.59 Å². The number of rotatable bonds is 4. The molecule has 5 aliphatic rings. The van der Waals surface area contributed by atoms with Crippen LogP contribution in [0.3, 0.4) is 0 Å². The van der Waals surface area contributed by atoms with E-state index in [1.165, 1.54) is 57.8 Å². The molecule has 5 fully saturated rings. The van der Waals surface area contributed by atoms with Gasteiger partial charge in [0.05, 0.1) is 5.54 Å². The van der Waals surface area contributed by atoms with Crippen LogP contribution in [0.15, 0.2) is 0 Å². The fraction of sp³-hybridized carbons (Fsp3) is 0.895. The van der Waals surface area contributed by atoms with Gasteiger partial charge in [0.25, 0.3) is 5.91 Å². The summed E-state index contributed by atoms with van der Waals surface area (Å²) < 4.78 is 0. The second-order valence-corrected chi connectivity index (χ2v) is 9.04. The molecule has 5 rings (SSSR count). The number of amides is 3. The van der Waals surface area contributed by atoms with Gasteiger partial charge in [-0.25, -0.2) is 4.79 Å². The first-order chi connectivity index (χ1) is 11.6. The molecule has 134 valence electrons. The summed E-state index contributed by atoms with van der Waals surface area (Å²) in [7, 11) is 0. The van der Waals surface area contributed by atoms with Crippen LogP contribution in [0, 0.1) is 17.8 Å². The third-order valence-electron chi connectivity index (χ3n) is 7.00. The van der Waals surface area contributed by atoms with Gasteiger partial charge in [-0.15, -0.1) is 0 Å². The number of hydrogen-bond acceptors (Lipinski definition) is 2. The molecule has 0 aromatic rings. The fourth-order valence-electron chi connectivity index (χ4n) is 6.38. The molecule has 5 nitrogen and oxygen atoms in total. The molecule has 4 N–H and O–H groups in total. The third kappa shape index (κ3) is 3.61. The molecule has 5 heteroatoms. The topological polar surface area (TPSA) is 74.8 Å². The van der Waals surface area contributed by atoms with Crippen LogP contribution in [-0.2, 0) is 4.79 Å². The van der Waals surface area contributed by atoms with Crippen LogP contribution in [0.5, 0.6) is 0 Å². The summed E-state index contributed by atoms with van der Waals surface area (Å²) >= 11 is 0. The molecule has 5 aliphatic carbocycles. The summed E-state index contributed by atoms with van der Waals surface area (Å²) in [5, 5.41) is 7.76. The van der Waals surface area contributed by atoms with E-state index in [2.05, 4.69) is 16.0 Å². The number of carbonyl (C=O) groups excluding carboxylic acids is 2. The average Bonchev–Trinajstić information content (AvgIpc) is 2.53. The van der Waals surface area contributed by atoms with Crippen molar-refractivity contribution in [1.82, 2.24) is 10.6 Å². The summed E-state index contributed by atoms with van der Waals surface area (Å²) in [5.74, 6) is 2.54. The van der Waals surface area contributed by atoms with Crippen molar-refractivity contribution < 1.29 is 14.9 Å². The van der Waals surface area contributed by atoms with Gasteiger partial charge in [-0.1, -0.05) is 19.3 Å². The molecule has 0 spiro atoms. The molecule has 0 atom stereocenters. The van der Waals surface area contributed by atoms with Crippen LogP contribution >= 0.6 is 0 Å². The average molecular weight is 334 g/mol. The van der Waals surface area contributed by atoms with Crippen LogP contribution in [0.4, 0.5) is 4.79 Å². The van der Waals surface area contributed by atoms with Gasteiger partial charge in [0.1, 0.15) is 0 Å². The van der Waals surface area contributed by atoms with Gasteiger partial charge in [0, 0.05) is 25.3 Å². The Morgan fingerprint density at radius 2 is 1.50 bits per heavy atom. The number of nitrogens with two attached hydrogens (primary N) is 1. The first-order valence-electron chi connectivity index (χ1n) is 10.0. The number of imide groups is 1. The van der Waals surface area contributed by atoms with E-state index in [0.717, 1.165) is 30.6 Å². The Kier molecular flexibility index (Phi) is 4.54. The van der Waals surface area contributed by atoms with Crippen LogP contribution < -0.4 is 16.0 Å². The number of quaternary nitrogens is 1. The predicted molar refractivity (Wildman–Crippen MR) is 91.2 cm³/mol. The molecule has 5 saturated carbocycles. The lowest BCUT2D eigenvalue weighted by Crippen LogP contribution is -3.00. The molecular weight excluding hydrogens is 302 g/mol. The van der Waals surface area contributed by atoms with Crippen LogP contribution in [0.25, 0.3) is 0 Å². The highest BCUT2D eigenvalue weighted by Gasteiger charge is 2.53. The van der Waals surface area contributed by atoms with Gasteiger partial charge in [0.2, 0.25) is 0 Å². The summed E-state index contributed by atoms with van der Waals surface area (Å²) in [4.78, 5) is 24.2. The molecule has 0 heterocycles. The van der Waals surface area contributed by atoms with Crippen LogP contribution in [-0.4, -0.2) is 30.1 Å². The van der Waals surface area contributed by atoms with E-state index in [0.29, 0.717) is 12.1 Å². The van der Waals surface area contributed by atoms with Crippen molar-refractivity contribution in [2.75, 3.05) is 6.54 Å². The van der Waals surface area contributed by atoms with Crippen molar-refractivity contribution in [3.8, 4) is 0 Å². The Hall–Kier alpha value is -1.10. The number of urea groups is 1. The molecular formula is C19H32N3O2+. The SMILES string of the molecule is O=C(C[NH2+]C12CC3CC(CC(C3)C1)C2)NC(=O)NC1CCCCC1. The summed E-state index contributed by atoms with van der Waals surface area (Å²) in [6, 6.07) is -0.0514. The second kappa shape index (κ2) is 6.66. The lowest BCUT2D eigenvalue weighted by Gasteiger charge is -2.54. The normalized spacial score (nSPS) is 38.1. The van der Waals surface area contributed by atoms with E-state index in [4.69, 9.17) is 0 Å². The predicted octanol–water partition coefficient (Wildman–Crippen LogP) is 1.68. The zero-order chi connectivity index (χ0) is 16.6. The maximum atomic E-state index is 12.2. The molecule has 0 saturated heterocycles. The van der Waals surface area contributed by atoms with E-state index in [1.54, 1.807) is 0 Å². The minimum atomic E-state index is -0.300. The second-order valence-electron chi connectivity index (χ2n) is 9.04. The van der Waals surface area contributed by atoms with Gasteiger partial charge < -0.3 is 10.6 Å². The lowest BCUT2D eigenvalue weighted by atomic mass is 9.53. The quantitative estimate of drug-likeness (QED) is 0.732. The fourth-order valence-corrected chi connectivity index (χ4v) is 6.38. The highest BCUT2D eigenvalue weighted by atomic mass is 16.2. The zero-order valence-corrected chi connectivity index (χ0v) is 14.7. The van der Waals surface area contributed by atoms with Gasteiger partial charge in [0.15, 0.2) is 6.54 Å². The van der Waals surface area contributed by atoms with Crippen molar-refractivity contribution in [3.05, 3.63) is 0 Å². The standard InChI is InChI=1S/C19H31N3O2/c23-17(22-18(24)21-16-4-2-1-3-5-16)12-20-19-9-13-6-14(10-19)8-15(7-13)11-19/h13-16,20H,1-12H2,(H2,21,22,23,24)/p+1. The van der Waals surface area contributed by atoms with E-state index in [-0.39, 0.29) is 18.0 Å². The maximum Gasteiger partial charge on any atom is 0.321 e. The lowest BCUT2D eigenvalue weighted by molar-refractivity contribution is -0.730. The highest BCUT2D eigenvalue weighted by molar-refractivity contribution is 5.94.